The van der Waals surface area contributed by atoms with E-state index in [2.05, 4.69) is 130 Å². The number of allylic oxidation sites excluding steroid dienone is 18. The van der Waals surface area contributed by atoms with Crippen LogP contribution in [0.4, 0.5) is 0 Å². The minimum Gasteiger partial charge on any atom is -0.479 e. The molecule has 0 radical (unpaired) electrons. The molecule has 1 aliphatic heterocycles. The Morgan fingerprint density at radius 1 is 0.442 bits per heavy atom. The lowest BCUT2D eigenvalue weighted by Crippen LogP contribution is -2.61. The van der Waals surface area contributed by atoms with E-state index >= 15 is 0 Å². The molecule has 0 spiro atoms. The first-order valence-corrected chi connectivity index (χ1v) is 29.9. The number of esters is 3. The van der Waals surface area contributed by atoms with Crippen LogP contribution >= 0.6 is 0 Å². The summed E-state index contributed by atoms with van der Waals surface area (Å²) in [6.07, 6.45) is 57.7. The fourth-order valence-electron chi connectivity index (χ4n) is 8.28. The smallest absolute Gasteiger partial charge is 0.335 e. The van der Waals surface area contributed by atoms with Crippen molar-refractivity contribution in [1.82, 2.24) is 0 Å². The Morgan fingerprint density at radius 2 is 0.818 bits per heavy atom. The molecule has 1 heterocycles. The Labute approximate surface area is 465 Å². The van der Waals surface area contributed by atoms with Gasteiger partial charge >= 0.3 is 23.9 Å². The van der Waals surface area contributed by atoms with Crippen molar-refractivity contribution in [2.45, 2.75) is 263 Å². The summed E-state index contributed by atoms with van der Waals surface area (Å²) in [6, 6.07) is 0. The van der Waals surface area contributed by atoms with Crippen LogP contribution in [-0.4, -0.2) is 89.2 Å². The molecule has 1 rings (SSSR count). The third-order valence-electron chi connectivity index (χ3n) is 12.8. The van der Waals surface area contributed by atoms with Crippen LogP contribution in [0, 0.1) is 0 Å². The summed E-state index contributed by atoms with van der Waals surface area (Å²) in [4.78, 5) is 51.1. The van der Waals surface area contributed by atoms with E-state index in [1.54, 1.807) is 0 Å². The van der Waals surface area contributed by atoms with Gasteiger partial charge in [-0.15, -0.1) is 0 Å². The van der Waals surface area contributed by atoms with Crippen molar-refractivity contribution in [3.05, 3.63) is 109 Å². The third-order valence-corrected chi connectivity index (χ3v) is 12.8. The van der Waals surface area contributed by atoms with Gasteiger partial charge in [0.25, 0.3) is 0 Å². The molecule has 6 atom stereocenters. The summed E-state index contributed by atoms with van der Waals surface area (Å²) in [6.45, 7) is 5.69. The predicted octanol–water partition coefficient (Wildman–Crippen LogP) is 15.4. The van der Waals surface area contributed by atoms with Crippen molar-refractivity contribution < 1.29 is 58.2 Å². The molecular weight excluding hydrogens is 973 g/mol. The maximum absolute atomic E-state index is 13.1. The molecule has 436 valence electrons. The van der Waals surface area contributed by atoms with E-state index in [0.29, 0.717) is 19.3 Å². The quantitative estimate of drug-likeness (QED) is 0.0228. The second-order valence-corrected chi connectivity index (χ2v) is 19.9. The van der Waals surface area contributed by atoms with Gasteiger partial charge in [-0.2, -0.15) is 0 Å². The molecule has 0 aromatic heterocycles. The molecule has 3 N–H and O–H groups in total. The second kappa shape index (κ2) is 52.1. The first-order valence-electron chi connectivity index (χ1n) is 29.9. The number of aliphatic hydroxyl groups excluding tert-OH is 2. The number of aliphatic hydroxyl groups is 2. The van der Waals surface area contributed by atoms with Crippen LogP contribution in [0.5, 0.6) is 0 Å². The molecule has 0 saturated carbocycles. The van der Waals surface area contributed by atoms with Crippen molar-refractivity contribution in [3.63, 3.8) is 0 Å². The van der Waals surface area contributed by atoms with E-state index in [1.807, 2.05) is 0 Å². The summed E-state index contributed by atoms with van der Waals surface area (Å²) in [5.74, 6) is -3.22. The number of carboxylic acids is 1. The molecule has 6 unspecified atom stereocenters. The maximum Gasteiger partial charge on any atom is 0.335 e. The minimum absolute atomic E-state index is 0.0389. The van der Waals surface area contributed by atoms with E-state index < -0.39 is 67.3 Å². The Bertz CT molecular complexity index is 1750. The fraction of sp³-hybridized carbons (Fsp3) is 0.662. The van der Waals surface area contributed by atoms with Gasteiger partial charge in [-0.25, -0.2) is 4.79 Å². The molecule has 12 nitrogen and oxygen atoms in total. The summed E-state index contributed by atoms with van der Waals surface area (Å²) < 4.78 is 28.4. The Hall–Kier alpha value is -4.62. The third kappa shape index (κ3) is 42.1. The van der Waals surface area contributed by atoms with E-state index in [1.165, 1.54) is 25.7 Å². The van der Waals surface area contributed by atoms with E-state index in [9.17, 15) is 34.5 Å². The molecular formula is C65H104O12. The molecule has 12 heteroatoms. The SMILES string of the molecule is CC/C=C\C/C=C\C/C=C\C/C=C\CCCCCCCCC(=O)OCC(COC1OC(C(=O)O)C(O)C(O)C1OC(=O)CCCCCCC/C=C\CCCCCC)OC(=O)CCCC/C=C\C/C=C\C/C=C\C/C=C\CC. The number of hydrogen-bond donors (Lipinski definition) is 3. The summed E-state index contributed by atoms with van der Waals surface area (Å²) in [7, 11) is 0. The number of unbranched alkanes of at least 4 members (excludes halogenated alkanes) is 17. The standard InChI is InChI=1S/C65H104O12/c1-4-7-10-13-16-19-22-25-27-28-29-30-32-34-36-39-42-45-48-51-57(66)73-54-56(75-58(67)52-49-46-43-40-38-35-31-26-23-20-17-14-11-8-5-2)55-74-65-63(61(70)60(69)62(77-65)64(71)72)76-59(68)53-50-47-44-41-37-33-24-21-18-15-12-9-6-3/h7-8,10-11,16-17,19-21,24-27,29-31,38,40,56,60-63,65,69-70H,4-6,9,12-15,18,22-23,28,32-37,39,41-55H2,1-3H3,(H,71,72)/b10-7-,11-8-,19-16-,20-17-,24-21-,27-25-,30-29-,31-26-,40-38-. The fourth-order valence-corrected chi connectivity index (χ4v) is 8.28. The van der Waals surface area contributed by atoms with Crippen LogP contribution in [0.2, 0.25) is 0 Å². The molecule has 77 heavy (non-hydrogen) atoms. The van der Waals surface area contributed by atoms with Gasteiger partial charge < -0.3 is 39.0 Å². The average molecular weight is 1080 g/mol. The summed E-state index contributed by atoms with van der Waals surface area (Å²) >= 11 is 0. The van der Waals surface area contributed by atoms with Crippen LogP contribution in [0.3, 0.4) is 0 Å². The Morgan fingerprint density at radius 3 is 1.29 bits per heavy atom. The highest BCUT2D eigenvalue weighted by molar-refractivity contribution is 5.74. The van der Waals surface area contributed by atoms with Gasteiger partial charge in [0.1, 0.15) is 18.8 Å². The van der Waals surface area contributed by atoms with Gasteiger partial charge in [0.15, 0.2) is 24.6 Å². The molecule has 0 amide bonds. The van der Waals surface area contributed by atoms with Crippen molar-refractivity contribution in [1.29, 1.82) is 0 Å². The van der Waals surface area contributed by atoms with Crippen molar-refractivity contribution in [2.75, 3.05) is 13.2 Å². The van der Waals surface area contributed by atoms with Crippen molar-refractivity contribution in [3.8, 4) is 0 Å². The van der Waals surface area contributed by atoms with Gasteiger partial charge in [-0.05, 0) is 122 Å². The van der Waals surface area contributed by atoms with Crippen LogP contribution in [0.1, 0.15) is 226 Å². The average Bonchev–Trinajstić information content (AvgIpc) is 3.42. The lowest BCUT2D eigenvalue weighted by Gasteiger charge is -2.40. The monoisotopic (exact) mass is 1080 g/mol. The molecule has 0 aromatic rings. The first kappa shape index (κ1) is 70.4. The van der Waals surface area contributed by atoms with Crippen LogP contribution in [0.15, 0.2) is 109 Å². The van der Waals surface area contributed by atoms with Crippen LogP contribution in [-0.2, 0) is 42.9 Å². The van der Waals surface area contributed by atoms with E-state index in [4.69, 9.17) is 23.7 Å². The minimum atomic E-state index is -1.92. The van der Waals surface area contributed by atoms with E-state index in [0.717, 1.165) is 141 Å². The lowest BCUT2D eigenvalue weighted by molar-refractivity contribution is -0.301. The molecule has 1 saturated heterocycles. The number of hydrogen-bond acceptors (Lipinski definition) is 11. The van der Waals surface area contributed by atoms with Gasteiger partial charge in [0.05, 0.1) is 6.61 Å². The lowest BCUT2D eigenvalue weighted by atomic mass is 9.98. The van der Waals surface area contributed by atoms with Crippen molar-refractivity contribution in [2.24, 2.45) is 0 Å². The molecule has 1 fully saturated rings. The van der Waals surface area contributed by atoms with Gasteiger partial charge in [-0.1, -0.05) is 194 Å². The highest BCUT2D eigenvalue weighted by atomic mass is 16.7. The second-order valence-electron chi connectivity index (χ2n) is 19.9. The molecule has 0 aromatic carbocycles. The summed E-state index contributed by atoms with van der Waals surface area (Å²) in [5.41, 5.74) is 0. The number of ether oxygens (including phenoxy) is 5. The van der Waals surface area contributed by atoms with Gasteiger partial charge in [0.2, 0.25) is 0 Å². The van der Waals surface area contributed by atoms with Crippen LogP contribution < -0.4 is 0 Å². The number of rotatable bonds is 49. The van der Waals surface area contributed by atoms with Gasteiger partial charge in [-0.3, -0.25) is 14.4 Å². The zero-order valence-electron chi connectivity index (χ0n) is 47.9. The zero-order chi connectivity index (χ0) is 56.1. The maximum atomic E-state index is 13.1. The highest BCUT2D eigenvalue weighted by Crippen LogP contribution is 2.26. The Balaban J connectivity index is 2.73. The molecule has 1 aliphatic rings. The number of carboxylic acid groups (broad SMARTS) is 1. The largest absolute Gasteiger partial charge is 0.479 e. The number of aliphatic carboxylic acids is 1. The first-order chi connectivity index (χ1) is 37.6. The van der Waals surface area contributed by atoms with Crippen molar-refractivity contribution >= 4 is 23.9 Å². The molecule has 0 bridgehead atoms. The normalized spacial score (nSPS) is 18.8. The Kier molecular flexibility index (Phi) is 47.6. The molecule has 0 aliphatic carbocycles. The predicted molar refractivity (Wildman–Crippen MR) is 312 cm³/mol. The highest BCUT2D eigenvalue weighted by Gasteiger charge is 2.50. The summed E-state index contributed by atoms with van der Waals surface area (Å²) in [5, 5.41) is 31.5. The van der Waals surface area contributed by atoms with E-state index in [-0.39, 0.29) is 25.9 Å². The number of carbonyl (C=O) groups excluding carboxylic acids is 3. The van der Waals surface area contributed by atoms with Gasteiger partial charge in [0, 0.05) is 19.3 Å². The zero-order valence-corrected chi connectivity index (χ0v) is 47.9. The van der Waals surface area contributed by atoms with Crippen LogP contribution in [0.25, 0.3) is 0 Å². The number of carbonyl (C=O) groups is 4. The topological polar surface area (TPSA) is 175 Å².